The van der Waals surface area contributed by atoms with Crippen LogP contribution in [0.2, 0.25) is 0 Å². The SMILES string of the molecule is O=C(O)C1(CC2CCCO2)CCCCCC1. The van der Waals surface area contributed by atoms with Gasteiger partial charge in [0.1, 0.15) is 0 Å². The number of ether oxygens (including phenoxy) is 1. The summed E-state index contributed by atoms with van der Waals surface area (Å²) in [4.78, 5) is 11.6. The molecule has 0 radical (unpaired) electrons. The van der Waals surface area contributed by atoms with Crippen molar-refractivity contribution in [1.82, 2.24) is 0 Å². The molecule has 1 saturated carbocycles. The number of hydrogen-bond acceptors (Lipinski definition) is 2. The Kier molecular flexibility index (Phi) is 3.85. The molecule has 1 aliphatic carbocycles. The molecule has 1 aliphatic heterocycles. The summed E-state index contributed by atoms with van der Waals surface area (Å²) >= 11 is 0. The van der Waals surface area contributed by atoms with Gasteiger partial charge in [-0.05, 0) is 32.1 Å². The van der Waals surface area contributed by atoms with E-state index in [2.05, 4.69) is 0 Å². The third-order valence-electron chi connectivity index (χ3n) is 4.16. The Morgan fingerprint density at radius 1 is 1.19 bits per heavy atom. The fraction of sp³-hybridized carbons (Fsp3) is 0.923. The van der Waals surface area contributed by atoms with Crippen LogP contribution in [-0.4, -0.2) is 23.8 Å². The van der Waals surface area contributed by atoms with E-state index in [1.54, 1.807) is 0 Å². The first-order chi connectivity index (χ1) is 7.73. The van der Waals surface area contributed by atoms with Crippen molar-refractivity contribution in [3.8, 4) is 0 Å². The van der Waals surface area contributed by atoms with E-state index in [1.807, 2.05) is 0 Å². The topological polar surface area (TPSA) is 46.5 Å². The lowest BCUT2D eigenvalue weighted by Gasteiger charge is -2.30. The van der Waals surface area contributed by atoms with E-state index in [1.165, 1.54) is 12.8 Å². The zero-order valence-electron chi connectivity index (χ0n) is 9.91. The van der Waals surface area contributed by atoms with Gasteiger partial charge < -0.3 is 9.84 Å². The predicted molar refractivity (Wildman–Crippen MR) is 61.4 cm³/mol. The van der Waals surface area contributed by atoms with Crippen LogP contribution in [0.3, 0.4) is 0 Å². The fourth-order valence-electron chi connectivity index (χ4n) is 3.15. The lowest BCUT2D eigenvalue weighted by Crippen LogP contribution is -2.34. The van der Waals surface area contributed by atoms with E-state index in [4.69, 9.17) is 4.74 Å². The Bertz CT molecular complexity index is 236. The Morgan fingerprint density at radius 3 is 2.38 bits per heavy atom. The van der Waals surface area contributed by atoms with Crippen molar-refractivity contribution in [2.45, 2.75) is 63.9 Å². The summed E-state index contributed by atoms with van der Waals surface area (Å²) in [6.07, 6.45) is 9.32. The van der Waals surface area contributed by atoms with Gasteiger partial charge in [-0.1, -0.05) is 25.7 Å². The largest absolute Gasteiger partial charge is 0.481 e. The summed E-state index contributed by atoms with van der Waals surface area (Å²) in [5, 5.41) is 9.52. The van der Waals surface area contributed by atoms with E-state index in [9.17, 15) is 9.90 Å². The van der Waals surface area contributed by atoms with Gasteiger partial charge in [-0.2, -0.15) is 0 Å². The molecule has 1 saturated heterocycles. The van der Waals surface area contributed by atoms with Crippen molar-refractivity contribution in [2.75, 3.05) is 6.61 Å². The summed E-state index contributed by atoms with van der Waals surface area (Å²) in [6, 6.07) is 0. The number of carbonyl (C=O) groups is 1. The first-order valence-corrected chi connectivity index (χ1v) is 6.58. The molecular formula is C13H22O3. The molecule has 0 aromatic heterocycles. The second-order valence-corrected chi connectivity index (χ2v) is 5.34. The second kappa shape index (κ2) is 5.17. The summed E-state index contributed by atoms with van der Waals surface area (Å²) in [5.41, 5.74) is -0.481. The van der Waals surface area contributed by atoms with Gasteiger partial charge in [0.05, 0.1) is 11.5 Å². The Morgan fingerprint density at radius 2 is 1.88 bits per heavy atom. The molecule has 3 nitrogen and oxygen atoms in total. The highest BCUT2D eigenvalue weighted by atomic mass is 16.5. The maximum Gasteiger partial charge on any atom is 0.309 e. The number of carboxylic acids is 1. The van der Waals surface area contributed by atoms with Crippen molar-refractivity contribution in [3.63, 3.8) is 0 Å². The van der Waals surface area contributed by atoms with Crippen LogP contribution in [0.15, 0.2) is 0 Å². The van der Waals surface area contributed by atoms with Gasteiger partial charge >= 0.3 is 5.97 Å². The first kappa shape index (κ1) is 11.9. The van der Waals surface area contributed by atoms with Crippen LogP contribution in [0.25, 0.3) is 0 Å². The standard InChI is InChI=1S/C13H22O3/c14-12(15)13(7-3-1-2-4-8-13)10-11-6-5-9-16-11/h11H,1-10H2,(H,14,15). The van der Waals surface area contributed by atoms with Gasteiger partial charge in [-0.3, -0.25) is 4.79 Å². The van der Waals surface area contributed by atoms with Crippen LogP contribution in [0.1, 0.15) is 57.8 Å². The quantitative estimate of drug-likeness (QED) is 0.752. The molecule has 0 amide bonds. The van der Waals surface area contributed by atoms with E-state index < -0.39 is 11.4 Å². The minimum absolute atomic E-state index is 0.203. The average Bonchev–Trinajstić information content (AvgIpc) is 2.62. The zero-order chi connectivity index (χ0) is 11.4. The molecule has 1 heterocycles. The normalized spacial score (nSPS) is 29.9. The number of hydrogen-bond donors (Lipinski definition) is 1. The van der Waals surface area contributed by atoms with Crippen LogP contribution in [0.5, 0.6) is 0 Å². The molecule has 1 unspecified atom stereocenters. The van der Waals surface area contributed by atoms with Gasteiger partial charge in [0.15, 0.2) is 0 Å². The minimum atomic E-state index is -0.593. The molecule has 0 spiro atoms. The first-order valence-electron chi connectivity index (χ1n) is 6.58. The van der Waals surface area contributed by atoms with Gasteiger partial charge in [0.25, 0.3) is 0 Å². The number of aliphatic carboxylic acids is 1. The lowest BCUT2D eigenvalue weighted by atomic mass is 9.75. The van der Waals surface area contributed by atoms with Gasteiger partial charge in [0, 0.05) is 6.61 Å². The summed E-state index contributed by atoms with van der Waals surface area (Å²) in [5.74, 6) is -0.593. The molecule has 16 heavy (non-hydrogen) atoms. The second-order valence-electron chi connectivity index (χ2n) is 5.34. The number of rotatable bonds is 3. The summed E-state index contributed by atoms with van der Waals surface area (Å²) in [6.45, 7) is 0.820. The maximum absolute atomic E-state index is 11.6. The monoisotopic (exact) mass is 226 g/mol. The van der Waals surface area contributed by atoms with Gasteiger partial charge in [0.2, 0.25) is 0 Å². The maximum atomic E-state index is 11.6. The molecule has 2 fully saturated rings. The molecule has 92 valence electrons. The van der Waals surface area contributed by atoms with Crippen molar-refractivity contribution in [2.24, 2.45) is 5.41 Å². The van der Waals surface area contributed by atoms with Crippen molar-refractivity contribution in [3.05, 3.63) is 0 Å². The minimum Gasteiger partial charge on any atom is -0.481 e. The van der Waals surface area contributed by atoms with Crippen LogP contribution < -0.4 is 0 Å². The lowest BCUT2D eigenvalue weighted by molar-refractivity contribution is -0.152. The fourth-order valence-corrected chi connectivity index (χ4v) is 3.15. The smallest absolute Gasteiger partial charge is 0.309 e. The highest BCUT2D eigenvalue weighted by Crippen LogP contribution is 2.41. The molecular weight excluding hydrogens is 204 g/mol. The third kappa shape index (κ3) is 2.57. The Labute approximate surface area is 97.2 Å². The van der Waals surface area contributed by atoms with Crippen LogP contribution >= 0.6 is 0 Å². The van der Waals surface area contributed by atoms with Crippen molar-refractivity contribution in [1.29, 1.82) is 0 Å². The average molecular weight is 226 g/mol. The van der Waals surface area contributed by atoms with Gasteiger partial charge in [-0.15, -0.1) is 0 Å². The molecule has 0 bridgehead atoms. The number of carboxylic acid groups (broad SMARTS) is 1. The van der Waals surface area contributed by atoms with Crippen LogP contribution in [0.4, 0.5) is 0 Å². The summed E-state index contributed by atoms with van der Waals surface area (Å²) in [7, 11) is 0. The molecule has 1 N–H and O–H groups in total. The Balaban J connectivity index is 2.03. The van der Waals surface area contributed by atoms with E-state index >= 15 is 0 Å². The predicted octanol–water partition coefficient (Wildman–Crippen LogP) is 2.98. The molecule has 1 atom stereocenters. The van der Waals surface area contributed by atoms with Crippen LogP contribution in [-0.2, 0) is 9.53 Å². The van der Waals surface area contributed by atoms with E-state index in [-0.39, 0.29) is 6.10 Å². The highest BCUT2D eigenvalue weighted by molar-refractivity contribution is 5.74. The molecule has 3 heteroatoms. The van der Waals surface area contributed by atoms with Gasteiger partial charge in [-0.25, -0.2) is 0 Å². The van der Waals surface area contributed by atoms with E-state index in [0.717, 1.165) is 51.6 Å². The highest BCUT2D eigenvalue weighted by Gasteiger charge is 2.41. The van der Waals surface area contributed by atoms with E-state index in [0.29, 0.717) is 0 Å². The molecule has 2 aliphatic rings. The summed E-state index contributed by atoms with van der Waals surface area (Å²) < 4.78 is 5.61. The molecule has 0 aromatic rings. The van der Waals surface area contributed by atoms with Crippen molar-refractivity contribution >= 4 is 5.97 Å². The molecule has 0 aromatic carbocycles. The Hall–Kier alpha value is -0.570. The van der Waals surface area contributed by atoms with Crippen LogP contribution in [0, 0.1) is 5.41 Å². The van der Waals surface area contributed by atoms with Crippen molar-refractivity contribution < 1.29 is 14.6 Å². The third-order valence-corrected chi connectivity index (χ3v) is 4.16. The zero-order valence-corrected chi connectivity index (χ0v) is 9.91. The molecule has 2 rings (SSSR count).